The lowest BCUT2D eigenvalue weighted by molar-refractivity contribution is 0.281. The zero-order chi connectivity index (χ0) is 12.9. The fourth-order valence-electron chi connectivity index (χ4n) is 2.25. The van der Waals surface area contributed by atoms with E-state index in [1.165, 1.54) is 0 Å². The maximum absolute atomic E-state index is 8.40. The van der Waals surface area contributed by atoms with Crippen LogP contribution in [0.1, 0.15) is 46.5 Å². The quantitative estimate of drug-likeness (QED) is 0.290. The van der Waals surface area contributed by atoms with Gasteiger partial charge >= 0.3 is 0 Å². The molecule has 0 aromatic carbocycles. The first kappa shape index (κ1) is 13.8. The molecule has 5 nitrogen and oxygen atoms in total. The molecule has 0 bridgehead atoms. The van der Waals surface area contributed by atoms with Crippen molar-refractivity contribution in [2.75, 3.05) is 0 Å². The molecule has 0 radical (unpaired) electrons. The number of rotatable bonds is 2. The van der Waals surface area contributed by atoms with E-state index < -0.39 is 0 Å². The fourth-order valence-corrected chi connectivity index (χ4v) is 2.25. The summed E-state index contributed by atoms with van der Waals surface area (Å²) in [5.41, 5.74) is 5.72. The molecule has 96 valence electrons. The summed E-state index contributed by atoms with van der Waals surface area (Å²) in [4.78, 5) is 4.29. The van der Waals surface area contributed by atoms with E-state index in [-0.39, 0.29) is 17.5 Å². The normalized spacial score (nSPS) is 26.4. The van der Waals surface area contributed by atoms with Gasteiger partial charge in [0.15, 0.2) is 6.19 Å². The van der Waals surface area contributed by atoms with Crippen LogP contribution >= 0.6 is 0 Å². The molecule has 0 saturated heterocycles. The number of aliphatic imine (C=N–C) groups is 1. The monoisotopic (exact) mass is 237 g/mol. The van der Waals surface area contributed by atoms with Gasteiger partial charge in [-0.25, -0.2) is 4.99 Å². The number of hydrogen-bond donors (Lipinski definition) is 3. The van der Waals surface area contributed by atoms with Gasteiger partial charge in [-0.05, 0) is 46.5 Å². The predicted octanol–water partition coefficient (Wildman–Crippen LogP) is 1.07. The smallest absolute Gasteiger partial charge is 0.202 e. The van der Waals surface area contributed by atoms with E-state index in [0.717, 1.165) is 25.7 Å². The topological polar surface area (TPSA) is 86.2 Å². The van der Waals surface area contributed by atoms with E-state index in [0.29, 0.717) is 6.04 Å². The van der Waals surface area contributed by atoms with E-state index in [1.54, 1.807) is 6.19 Å². The Balaban J connectivity index is 2.36. The van der Waals surface area contributed by atoms with Crippen molar-refractivity contribution >= 4 is 5.96 Å². The van der Waals surface area contributed by atoms with Gasteiger partial charge in [0.2, 0.25) is 5.96 Å². The Hall–Kier alpha value is -1.28. The number of guanidine groups is 1. The van der Waals surface area contributed by atoms with Crippen molar-refractivity contribution < 1.29 is 0 Å². The van der Waals surface area contributed by atoms with E-state index in [9.17, 15) is 0 Å². The van der Waals surface area contributed by atoms with Gasteiger partial charge in [-0.15, -0.1) is 0 Å². The summed E-state index contributed by atoms with van der Waals surface area (Å²) in [6.45, 7) is 6.56. The average Bonchev–Trinajstić information content (AvgIpc) is 2.19. The largest absolute Gasteiger partial charge is 0.369 e. The highest BCUT2D eigenvalue weighted by Gasteiger charge is 2.23. The maximum atomic E-state index is 8.40. The maximum Gasteiger partial charge on any atom is 0.202 e. The Labute approximate surface area is 103 Å². The molecular formula is C12H23N5. The number of nitrogens with two attached hydrogens (primary N) is 1. The standard InChI is InChI=1S/C12H23N5/c1-12(2,3)17-10-6-4-9(5-7-10)16-11(14)15-8-13/h9-10,17H,4-7H2,1-3H3,(H3,14,15,16). The van der Waals surface area contributed by atoms with Crippen LogP contribution in [0.25, 0.3) is 0 Å². The summed E-state index contributed by atoms with van der Waals surface area (Å²) in [5.74, 6) is 0.236. The molecular weight excluding hydrogens is 214 g/mol. The van der Waals surface area contributed by atoms with Gasteiger partial charge in [0.25, 0.3) is 0 Å². The van der Waals surface area contributed by atoms with Crippen molar-refractivity contribution in [3.05, 3.63) is 0 Å². The van der Waals surface area contributed by atoms with Gasteiger partial charge in [0.1, 0.15) is 0 Å². The first-order valence-electron chi connectivity index (χ1n) is 6.17. The summed E-state index contributed by atoms with van der Waals surface area (Å²) in [5, 5.41) is 14.4. The molecule has 0 aliphatic heterocycles. The minimum atomic E-state index is 0.169. The van der Waals surface area contributed by atoms with Crippen molar-refractivity contribution in [3.8, 4) is 6.19 Å². The van der Waals surface area contributed by atoms with E-state index in [4.69, 9.17) is 11.0 Å². The Bertz CT molecular complexity index is 302. The van der Waals surface area contributed by atoms with Gasteiger partial charge in [0, 0.05) is 11.6 Å². The zero-order valence-corrected chi connectivity index (χ0v) is 11.0. The molecule has 0 unspecified atom stereocenters. The Morgan fingerprint density at radius 1 is 1.29 bits per heavy atom. The third kappa shape index (κ3) is 5.55. The van der Waals surface area contributed by atoms with Crippen LogP contribution in [0.2, 0.25) is 0 Å². The Kier molecular flexibility index (Phi) is 4.76. The Morgan fingerprint density at radius 3 is 2.35 bits per heavy atom. The Morgan fingerprint density at radius 2 is 1.88 bits per heavy atom. The van der Waals surface area contributed by atoms with Crippen molar-refractivity contribution in [1.82, 2.24) is 10.6 Å². The molecule has 1 saturated carbocycles. The van der Waals surface area contributed by atoms with E-state index in [2.05, 4.69) is 36.4 Å². The summed E-state index contributed by atoms with van der Waals surface area (Å²) in [7, 11) is 0. The van der Waals surface area contributed by atoms with Crippen molar-refractivity contribution in [2.45, 2.75) is 64.1 Å². The SMILES string of the molecule is CC(C)(C)NC1CCC(N=C(N)NC#N)CC1. The summed E-state index contributed by atoms with van der Waals surface area (Å²) in [6, 6.07) is 0.834. The van der Waals surface area contributed by atoms with Crippen LogP contribution in [-0.2, 0) is 0 Å². The molecule has 5 heteroatoms. The first-order valence-corrected chi connectivity index (χ1v) is 6.17. The van der Waals surface area contributed by atoms with Crippen molar-refractivity contribution in [2.24, 2.45) is 10.7 Å². The van der Waals surface area contributed by atoms with Gasteiger partial charge in [-0.2, -0.15) is 5.26 Å². The lowest BCUT2D eigenvalue weighted by Crippen LogP contribution is -2.45. The molecule has 0 amide bonds. The first-order chi connectivity index (χ1) is 7.90. The molecule has 0 aromatic heterocycles. The fraction of sp³-hybridized carbons (Fsp3) is 0.833. The van der Waals surface area contributed by atoms with E-state index >= 15 is 0 Å². The molecule has 17 heavy (non-hydrogen) atoms. The lowest BCUT2D eigenvalue weighted by Gasteiger charge is -2.33. The third-order valence-corrected chi connectivity index (χ3v) is 2.84. The lowest BCUT2D eigenvalue weighted by atomic mass is 9.90. The van der Waals surface area contributed by atoms with Crippen molar-refractivity contribution in [1.29, 1.82) is 5.26 Å². The number of nitriles is 1. The molecule has 0 spiro atoms. The minimum absolute atomic E-state index is 0.169. The molecule has 0 heterocycles. The average molecular weight is 237 g/mol. The molecule has 1 aliphatic carbocycles. The van der Waals surface area contributed by atoms with Crippen LogP contribution in [0.4, 0.5) is 0 Å². The van der Waals surface area contributed by atoms with Crippen LogP contribution in [0.15, 0.2) is 4.99 Å². The second-order valence-electron chi connectivity index (χ2n) is 5.65. The van der Waals surface area contributed by atoms with Crippen LogP contribution < -0.4 is 16.4 Å². The second-order valence-corrected chi connectivity index (χ2v) is 5.65. The highest BCUT2D eigenvalue weighted by molar-refractivity contribution is 5.79. The van der Waals surface area contributed by atoms with Gasteiger partial charge in [-0.3, -0.25) is 5.32 Å². The summed E-state index contributed by atoms with van der Waals surface area (Å²) >= 11 is 0. The number of nitrogens with zero attached hydrogens (tertiary/aromatic N) is 2. The summed E-state index contributed by atoms with van der Waals surface area (Å²) < 4.78 is 0. The highest BCUT2D eigenvalue weighted by Crippen LogP contribution is 2.22. The molecule has 1 aliphatic rings. The molecule has 0 aromatic rings. The van der Waals surface area contributed by atoms with Crippen molar-refractivity contribution in [3.63, 3.8) is 0 Å². The number of hydrogen-bond acceptors (Lipinski definition) is 3. The van der Waals surface area contributed by atoms with Crippen LogP contribution in [0.3, 0.4) is 0 Å². The third-order valence-electron chi connectivity index (χ3n) is 2.84. The minimum Gasteiger partial charge on any atom is -0.369 e. The van der Waals surface area contributed by atoms with Crippen LogP contribution in [-0.4, -0.2) is 23.6 Å². The molecule has 0 atom stereocenters. The van der Waals surface area contributed by atoms with Crippen LogP contribution in [0, 0.1) is 11.5 Å². The van der Waals surface area contributed by atoms with Crippen LogP contribution in [0.5, 0.6) is 0 Å². The summed E-state index contributed by atoms with van der Waals surface area (Å²) in [6.07, 6.45) is 6.07. The van der Waals surface area contributed by atoms with Gasteiger partial charge in [-0.1, -0.05) is 0 Å². The number of nitrogens with one attached hydrogen (secondary N) is 2. The predicted molar refractivity (Wildman–Crippen MR) is 69.3 cm³/mol. The molecule has 1 rings (SSSR count). The zero-order valence-electron chi connectivity index (χ0n) is 11.0. The highest BCUT2D eigenvalue weighted by atomic mass is 15.1. The molecule has 4 N–H and O–H groups in total. The molecule has 1 fully saturated rings. The van der Waals surface area contributed by atoms with Gasteiger partial charge in [0.05, 0.1) is 6.04 Å². The second kappa shape index (κ2) is 5.87. The van der Waals surface area contributed by atoms with Gasteiger partial charge < -0.3 is 11.1 Å². The van der Waals surface area contributed by atoms with E-state index in [1.807, 2.05) is 0 Å².